The van der Waals surface area contributed by atoms with Gasteiger partial charge in [-0.15, -0.1) is 11.6 Å². The van der Waals surface area contributed by atoms with Gasteiger partial charge in [-0.05, 0) is 25.0 Å². The quantitative estimate of drug-likeness (QED) is 0.635. The third kappa shape index (κ3) is 2.72. The second-order valence-corrected chi connectivity index (χ2v) is 4.50. The number of phenols is 1. The van der Waals surface area contributed by atoms with E-state index in [4.69, 9.17) is 11.6 Å². The number of hydrogen-bond donors (Lipinski definition) is 1. The molecule has 1 aromatic carbocycles. The van der Waals surface area contributed by atoms with Crippen LogP contribution in [0.4, 0.5) is 0 Å². The Kier molecular flexibility index (Phi) is 3.75. The Bertz CT molecular complexity index is 372. The number of alkyl halides is 1. The predicted octanol–water partition coefficient (Wildman–Crippen LogP) is 3.15. The Hall–Kier alpha value is -1.02. The maximum Gasteiger partial charge on any atom is 0.184 e. The number of benzene rings is 1. The Balaban J connectivity index is 3.05. The van der Waals surface area contributed by atoms with Gasteiger partial charge in [-0.3, -0.25) is 4.79 Å². The molecule has 0 saturated carbocycles. The van der Waals surface area contributed by atoms with Gasteiger partial charge in [0.05, 0.1) is 10.9 Å². The van der Waals surface area contributed by atoms with Crippen molar-refractivity contribution in [2.24, 2.45) is 5.92 Å². The first-order valence-corrected chi connectivity index (χ1v) is 5.35. The normalized spacial score (nSPS) is 12.9. The molecule has 0 spiro atoms. The Morgan fingerprint density at radius 1 is 1.40 bits per heavy atom. The van der Waals surface area contributed by atoms with Crippen LogP contribution in [0.3, 0.4) is 0 Å². The number of hydrogen-bond acceptors (Lipinski definition) is 2. The van der Waals surface area contributed by atoms with E-state index in [9.17, 15) is 9.90 Å². The highest BCUT2D eigenvalue weighted by Crippen LogP contribution is 2.24. The maximum absolute atomic E-state index is 11.9. The molecule has 0 fully saturated rings. The Morgan fingerprint density at radius 2 is 2.00 bits per heavy atom. The largest absolute Gasteiger partial charge is 0.507 e. The smallest absolute Gasteiger partial charge is 0.184 e. The molecule has 15 heavy (non-hydrogen) atoms. The van der Waals surface area contributed by atoms with Crippen LogP contribution < -0.4 is 0 Å². The number of aromatic hydroxyl groups is 1. The molecule has 0 aromatic heterocycles. The van der Waals surface area contributed by atoms with Crippen molar-refractivity contribution in [1.29, 1.82) is 0 Å². The molecule has 0 aliphatic carbocycles. The number of aryl methyl sites for hydroxylation is 1. The highest BCUT2D eigenvalue weighted by atomic mass is 35.5. The summed E-state index contributed by atoms with van der Waals surface area (Å²) in [5.41, 5.74) is 1.24. The molecule has 0 heterocycles. The number of rotatable bonds is 3. The third-order valence-corrected chi connectivity index (χ3v) is 2.96. The van der Waals surface area contributed by atoms with Gasteiger partial charge in [-0.25, -0.2) is 0 Å². The van der Waals surface area contributed by atoms with Gasteiger partial charge >= 0.3 is 0 Å². The van der Waals surface area contributed by atoms with E-state index in [1.807, 2.05) is 20.8 Å². The van der Waals surface area contributed by atoms with Crippen LogP contribution in [-0.2, 0) is 0 Å². The van der Waals surface area contributed by atoms with Gasteiger partial charge in [-0.2, -0.15) is 0 Å². The molecule has 0 amide bonds. The molecule has 1 aromatic rings. The minimum absolute atomic E-state index is 0.00287. The van der Waals surface area contributed by atoms with Crippen LogP contribution >= 0.6 is 11.6 Å². The van der Waals surface area contributed by atoms with Crippen molar-refractivity contribution in [1.82, 2.24) is 0 Å². The molecule has 0 saturated heterocycles. The first-order chi connectivity index (χ1) is 6.93. The van der Waals surface area contributed by atoms with Gasteiger partial charge in [0.25, 0.3) is 0 Å². The fraction of sp³-hybridized carbons (Fsp3) is 0.417. The first kappa shape index (κ1) is 12.1. The van der Waals surface area contributed by atoms with Crippen LogP contribution in [0.25, 0.3) is 0 Å². The molecular formula is C12H15ClO2. The molecular weight excluding hydrogens is 212 g/mol. The summed E-state index contributed by atoms with van der Waals surface area (Å²) >= 11 is 5.96. The van der Waals surface area contributed by atoms with E-state index in [1.54, 1.807) is 12.1 Å². The van der Waals surface area contributed by atoms with Crippen LogP contribution in [0.15, 0.2) is 18.2 Å². The van der Waals surface area contributed by atoms with Crippen molar-refractivity contribution in [2.75, 3.05) is 0 Å². The number of ketones is 1. The van der Waals surface area contributed by atoms with Gasteiger partial charge in [0.15, 0.2) is 5.78 Å². The number of carbonyl (C=O) groups is 1. The van der Waals surface area contributed by atoms with E-state index in [0.717, 1.165) is 5.56 Å². The lowest BCUT2D eigenvalue weighted by atomic mass is 9.98. The van der Waals surface area contributed by atoms with E-state index in [-0.39, 0.29) is 17.5 Å². The van der Waals surface area contributed by atoms with Gasteiger partial charge in [0.1, 0.15) is 5.75 Å². The Morgan fingerprint density at radius 3 is 2.53 bits per heavy atom. The van der Waals surface area contributed by atoms with E-state index >= 15 is 0 Å². The van der Waals surface area contributed by atoms with Crippen molar-refractivity contribution in [3.63, 3.8) is 0 Å². The summed E-state index contributed by atoms with van der Waals surface area (Å²) in [5, 5.41) is 8.97. The van der Waals surface area contributed by atoms with E-state index in [2.05, 4.69) is 0 Å². The van der Waals surface area contributed by atoms with Crippen LogP contribution in [0.5, 0.6) is 5.75 Å². The predicted molar refractivity (Wildman–Crippen MR) is 61.7 cm³/mol. The van der Waals surface area contributed by atoms with E-state index in [1.165, 1.54) is 6.07 Å². The summed E-state index contributed by atoms with van der Waals surface area (Å²) in [6, 6.07) is 4.94. The highest BCUT2D eigenvalue weighted by molar-refractivity contribution is 6.34. The van der Waals surface area contributed by atoms with Crippen LogP contribution in [-0.4, -0.2) is 16.3 Å². The van der Waals surface area contributed by atoms with Gasteiger partial charge in [0.2, 0.25) is 0 Å². The standard InChI is InChI=1S/C12H15ClO2/c1-7(2)11(13)12(15)9-6-8(3)4-5-10(9)14/h4-7,11,14H,1-3H3. The van der Waals surface area contributed by atoms with Gasteiger partial charge in [0, 0.05) is 0 Å². The summed E-state index contributed by atoms with van der Waals surface area (Å²) in [7, 11) is 0. The number of halogens is 1. The molecule has 0 radical (unpaired) electrons. The monoisotopic (exact) mass is 226 g/mol. The maximum atomic E-state index is 11.9. The van der Waals surface area contributed by atoms with Gasteiger partial charge < -0.3 is 5.11 Å². The topological polar surface area (TPSA) is 37.3 Å². The van der Waals surface area contributed by atoms with Crippen LogP contribution in [0.1, 0.15) is 29.8 Å². The second kappa shape index (κ2) is 4.67. The molecule has 1 atom stereocenters. The van der Waals surface area contributed by atoms with Crippen molar-refractivity contribution in [3.8, 4) is 5.75 Å². The number of Topliss-reactive ketones (excluding diaryl/α,β-unsaturated/α-hetero) is 1. The summed E-state index contributed by atoms with van der Waals surface area (Å²) in [6.07, 6.45) is 0. The summed E-state index contributed by atoms with van der Waals surface area (Å²) in [4.78, 5) is 11.9. The molecule has 3 heteroatoms. The number of phenolic OH excluding ortho intramolecular Hbond substituents is 1. The third-order valence-electron chi connectivity index (χ3n) is 2.25. The lowest BCUT2D eigenvalue weighted by Gasteiger charge is -2.13. The lowest BCUT2D eigenvalue weighted by Crippen LogP contribution is -2.20. The second-order valence-electron chi connectivity index (χ2n) is 4.03. The zero-order chi connectivity index (χ0) is 11.6. The van der Waals surface area contributed by atoms with E-state index in [0.29, 0.717) is 5.56 Å². The Labute approximate surface area is 94.9 Å². The molecule has 82 valence electrons. The summed E-state index contributed by atoms with van der Waals surface area (Å²) < 4.78 is 0. The average molecular weight is 227 g/mol. The average Bonchev–Trinajstić information content (AvgIpc) is 2.19. The minimum Gasteiger partial charge on any atom is -0.507 e. The highest BCUT2D eigenvalue weighted by Gasteiger charge is 2.23. The zero-order valence-corrected chi connectivity index (χ0v) is 9.88. The fourth-order valence-corrected chi connectivity index (χ4v) is 1.42. The minimum atomic E-state index is -0.585. The van der Waals surface area contributed by atoms with Crippen molar-refractivity contribution in [3.05, 3.63) is 29.3 Å². The number of carbonyl (C=O) groups excluding carboxylic acids is 1. The lowest BCUT2D eigenvalue weighted by molar-refractivity contribution is 0.0970. The molecule has 1 rings (SSSR count). The molecule has 1 N–H and O–H groups in total. The molecule has 0 aliphatic heterocycles. The first-order valence-electron chi connectivity index (χ1n) is 4.91. The summed E-state index contributed by atoms with van der Waals surface area (Å²) in [6.45, 7) is 5.62. The van der Waals surface area contributed by atoms with Crippen molar-refractivity contribution >= 4 is 17.4 Å². The van der Waals surface area contributed by atoms with Crippen molar-refractivity contribution in [2.45, 2.75) is 26.1 Å². The van der Waals surface area contributed by atoms with Crippen molar-refractivity contribution < 1.29 is 9.90 Å². The fourth-order valence-electron chi connectivity index (χ4n) is 1.30. The van der Waals surface area contributed by atoms with Crippen LogP contribution in [0.2, 0.25) is 0 Å². The SMILES string of the molecule is Cc1ccc(O)c(C(=O)C(Cl)C(C)C)c1. The molecule has 2 nitrogen and oxygen atoms in total. The summed E-state index contributed by atoms with van der Waals surface area (Å²) in [5.74, 6) is -0.163. The van der Waals surface area contributed by atoms with Crippen LogP contribution in [0, 0.1) is 12.8 Å². The molecule has 1 unspecified atom stereocenters. The van der Waals surface area contributed by atoms with E-state index < -0.39 is 5.38 Å². The zero-order valence-electron chi connectivity index (χ0n) is 9.12. The van der Waals surface area contributed by atoms with Gasteiger partial charge in [-0.1, -0.05) is 25.5 Å². The molecule has 0 bridgehead atoms. The molecule has 0 aliphatic rings.